The predicted molar refractivity (Wildman–Crippen MR) is 80.7 cm³/mol. The first-order valence-electron chi connectivity index (χ1n) is 7.98. The van der Waals surface area contributed by atoms with Gasteiger partial charge in [-0.15, -0.1) is 0 Å². The van der Waals surface area contributed by atoms with Gasteiger partial charge in [-0.2, -0.15) is 0 Å². The Kier molecular flexibility index (Phi) is 6.65. The molecule has 0 aromatic rings. The minimum Gasteiger partial charge on any atom is -0.329 e. The molecule has 1 fully saturated rings. The third-order valence-electron chi connectivity index (χ3n) is 4.94. The van der Waals surface area contributed by atoms with Crippen LogP contribution < -0.4 is 5.73 Å². The molecule has 1 aliphatic rings. The molecule has 18 heavy (non-hydrogen) atoms. The lowest BCUT2D eigenvalue weighted by Gasteiger charge is -2.38. The zero-order valence-electron chi connectivity index (χ0n) is 13.0. The Labute approximate surface area is 114 Å². The predicted octanol–water partition coefficient (Wildman–Crippen LogP) is 3.65. The molecule has 1 heterocycles. The number of rotatable bonds is 8. The molecule has 1 aliphatic heterocycles. The number of likely N-dealkylation sites (tertiary alicyclic amines) is 1. The van der Waals surface area contributed by atoms with Gasteiger partial charge in [0.2, 0.25) is 0 Å². The summed E-state index contributed by atoms with van der Waals surface area (Å²) >= 11 is 0. The summed E-state index contributed by atoms with van der Waals surface area (Å²) in [5.74, 6) is 1.70. The summed E-state index contributed by atoms with van der Waals surface area (Å²) in [6.45, 7) is 12.7. The van der Waals surface area contributed by atoms with E-state index in [1.54, 1.807) is 0 Å². The van der Waals surface area contributed by atoms with Crippen LogP contribution in [0.2, 0.25) is 0 Å². The molecular formula is C16H34N2. The van der Waals surface area contributed by atoms with Crippen LogP contribution in [-0.2, 0) is 0 Å². The SMILES string of the molecule is CCCCCCC(C)(CN)N1CCC(C(C)C)C1. The molecule has 0 aromatic carbocycles. The van der Waals surface area contributed by atoms with Crippen LogP contribution in [0.15, 0.2) is 0 Å². The fourth-order valence-electron chi connectivity index (χ4n) is 3.14. The van der Waals surface area contributed by atoms with Gasteiger partial charge in [0.05, 0.1) is 0 Å². The van der Waals surface area contributed by atoms with Crippen molar-refractivity contribution < 1.29 is 0 Å². The minimum atomic E-state index is 0.247. The highest BCUT2D eigenvalue weighted by Gasteiger charge is 2.36. The van der Waals surface area contributed by atoms with Gasteiger partial charge in [-0.3, -0.25) is 4.90 Å². The lowest BCUT2D eigenvalue weighted by Crippen LogP contribution is -2.50. The van der Waals surface area contributed by atoms with Gasteiger partial charge in [0.25, 0.3) is 0 Å². The summed E-state index contributed by atoms with van der Waals surface area (Å²) in [5, 5.41) is 0. The van der Waals surface area contributed by atoms with E-state index in [-0.39, 0.29) is 5.54 Å². The first-order chi connectivity index (χ1) is 8.53. The number of hydrogen-bond acceptors (Lipinski definition) is 2. The summed E-state index contributed by atoms with van der Waals surface area (Å²) < 4.78 is 0. The van der Waals surface area contributed by atoms with Crippen LogP contribution in [0.4, 0.5) is 0 Å². The van der Waals surface area contributed by atoms with E-state index in [2.05, 4.69) is 32.6 Å². The van der Waals surface area contributed by atoms with Crippen LogP contribution in [0, 0.1) is 11.8 Å². The molecule has 0 bridgehead atoms. The first kappa shape index (κ1) is 16.0. The van der Waals surface area contributed by atoms with Crippen LogP contribution >= 0.6 is 0 Å². The summed E-state index contributed by atoms with van der Waals surface area (Å²) in [5.41, 5.74) is 6.33. The van der Waals surface area contributed by atoms with Gasteiger partial charge in [-0.05, 0) is 38.1 Å². The number of nitrogens with two attached hydrogens (primary N) is 1. The van der Waals surface area contributed by atoms with Crippen molar-refractivity contribution in [2.24, 2.45) is 17.6 Å². The monoisotopic (exact) mass is 254 g/mol. The molecule has 0 aliphatic carbocycles. The van der Waals surface area contributed by atoms with Gasteiger partial charge >= 0.3 is 0 Å². The molecule has 2 unspecified atom stereocenters. The maximum Gasteiger partial charge on any atom is 0.0303 e. The largest absolute Gasteiger partial charge is 0.329 e. The Balaban J connectivity index is 2.43. The smallest absolute Gasteiger partial charge is 0.0303 e. The highest BCUT2D eigenvalue weighted by molar-refractivity contribution is 4.92. The third-order valence-corrected chi connectivity index (χ3v) is 4.94. The molecule has 2 nitrogen and oxygen atoms in total. The van der Waals surface area contributed by atoms with Gasteiger partial charge in [0.15, 0.2) is 0 Å². The van der Waals surface area contributed by atoms with Crippen molar-refractivity contribution in [1.82, 2.24) is 4.90 Å². The third kappa shape index (κ3) is 4.24. The molecule has 2 N–H and O–H groups in total. The summed E-state index contributed by atoms with van der Waals surface area (Å²) in [7, 11) is 0. The Bertz CT molecular complexity index is 227. The van der Waals surface area contributed by atoms with Crippen molar-refractivity contribution in [2.45, 2.75) is 71.8 Å². The van der Waals surface area contributed by atoms with Gasteiger partial charge in [-0.1, -0.05) is 46.5 Å². The average Bonchev–Trinajstić information content (AvgIpc) is 2.84. The van der Waals surface area contributed by atoms with Crippen LogP contribution in [0.25, 0.3) is 0 Å². The molecule has 0 saturated carbocycles. The quantitative estimate of drug-likeness (QED) is 0.670. The van der Waals surface area contributed by atoms with Crippen LogP contribution in [0.1, 0.15) is 66.2 Å². The van der Waals surface area contributed by atoms with Crippen molar-refractivity contribution in [3.63, 3.8) is 0 Å². The second-order valence-corrected chi connectivity index (χ2v) is 6.75. The normalized spacial score (nSPS) is 24.7. The minimum absolute atomic E-state index is 0.247. The number of hydrogen-bond donors (Lipinski definition) is 1. The van der Waals surface area contributed by atoms with Gasteiger partial charge < -0.3 is 5.73 Å². The highest BCUT2D eigenvalue weighted by Crippen LogP contribution is 2.31. The van der Waals surface area contributed by atoms with Crippen molar-refractivity contribution in [1.29, 1.82) is 0 Å². The molecular weight excluding hydrogens is 220 g/mol. The van der Waals surface area contributed by atoms with E-state index in [1.165, 1.54) is 51.6 Å². The van der Waals surface area contributed by atoms with Crippen molar-refractivity contribution in [3.8, 4) is 0 Å². The Hall–Kier alpha value is -0.0800. The lowest BCUT2D eigenvalue weighted by atomic mass is 9.91. The summed E-state index contributed by atoms with van der Waals surface area (Å²) in [4.78, 5) is 2.67. The first-order valence-corrected chi connectivity index (χ1v) is 7.98. The van der Waals surface area contributed by atoms with E-state index in [9.17, 15) is 0 Å². The standard InChI is InChI=1S/C16H34N2/c1-5-6-7-8-10-16(4,13-17)18-11-9-15(12-18)14(2)3/h14-15H,5-13,17H2,1-4H3. The van der Waals surface area contributed by atoms with Gasteiger partial charge in [0.1, 0.15) is 0 Å². The Morgan fingerprint density at radius 2 is 2.00 bits per heavy atom. The molecule has 1 saturated heterocycles. The van der Waals surface area contributed by atoms with Crippen LogP contribution in [0.3, 0.4) is 0 Å². The van der Waals surface area contributed by atoms with Crippen LogP contribution in [0.5, 0.6) is 0 Å². The highest BCUT2D eigenvalue weighted by atomic mass is 15.2. The van der Waals surface area contributed by atoms with E-state index in [0.29, 0.717) is 0 Å². The van der Waals surface area contributed by atoms with Crippen LogP contribution in [-0.4, -0.2) is 30.1 Å². The molecule has 1 rings (SSSR count). The zero-order valence-corrected chi connectivity index (χ0v) is 13.0. The zero-order chi connectivity index (χ0) is 13.6. The average molecular weight is 254 g/mol. The molecule has 0 aromatic heterocycles. The number of nitrogens with zero attached hydrogens (tertiary/aromatic N) is 1. The van der Waals surface area contributed by atoms with E-state index in [0.717, 1.165) is 18.4 Å². The van der Waals surface area contributed by atoms with Crippen molar-refractivity contribution in [2.75, 3.05) is 19.6 Å². The van der Waals surface area contributed by atoms with Crippen molar-refractivity contribution in [3.05, 3.63) is 0 Å². The molecule has 108 valence electrons. The molecule has 0 amide bonds. The topological polar surface area (TPSA) is 29.3 Å². The second-order valence-electron chi connectivity index (χ2n) is 6.75. The van der Waals surface area contributed by atoms with E-state index in [1.807, 2.05) is 0 Å². The second kappa shape index (κ2) is 7.49. The fraction of sp³-hybridized carbons (Fsp3) is 1.00. The Morgan fingerprint density at radius 3 is 2.50 bits per heavy atom. The molecule has 0 radical (unpaired) electrons. The molecule has 0 spiro atoms. The lowest BCUT2D eigenvalue weighted by molar-refractivity contribution is 0.120. The summed E-state index contributed by atoms with van der Waals surface area (Å²) in [6.07, 6.45) is 8.03. The maximum atomic E-state index is 6.08. The fourth-order valence-corrected chi connectivity index (χ4v) is 3.14. The number of unbranched alkanes of at least 4 members (excludes halogenated alkanes) is 3. The maximum absolute atomic E-state index is 6.08. The van der Waals surface area contributed by atoms with Gasteiger partial charge in [-0.25, -0.2) is 0 Å². The Morgan fingerprint density at radius 1 is 1.28 bits per heavy atom. The van der Waals surface area contributed by atoms with E-state index < -0.39 is 0 Å². The van der Waals surface area contributed by atoms with Gasteiger partial charge in [0, 0.05) is 18.6 Å². The van der Waals surface area contributed by atoms with E-state index >= 15 is 0 Å². The molecule has 2 heteroatoms. The summed E-state index contributed by atoms with van der Waals surface area (Å²) in [6, 6.07) is 0. The van der Waals surface area contributed by atoms with Crippen molar-refractivity contribution >= 4 is 0 Å². The molecule has 2 atom stereocenters. The van der Waals surface area contributed by atoms with E-state index in [4.69, 9.17) is 5.73 Å².